The Balaban J connectivity index is 1.28. The standard InChI is InChI=1S/C24H24N4O4S/c1-24(2)31-21-19(12-29-15-7-6-14-5-4-10-25-16(14)11-15)30-20(22(21)32-24)17-8-9-18-23(33-3)26-13-27-28(17)18/h4-11,13,19-22H,12H2,1-3H3/t19-,20+,21-,22+/m1/s1. The van der Waals surface area contributed by atoms with Crippen molar-refractivity contribution in [3.05, 3.63) is 60.7 Å². The first-order valence-corrected chi connectivity index (χ1v) is 12.1. The van der Waals surface area contributed by atoms with E-state index in [-0.39, 0.29) is 24.4 Å². The lowest BCUT2D eigenvalue weighted by Crippen LogP contribution is -2.33. The zero-order chi connectivity index (χ0) is 22.6. The van der Waals surface area contributed by atoms with Crippen LogP contribution < -0.4 is 4.74 Å². The molecule has 2 aliphatic heterocycles. The molecule has 1 aromatic carbocycles. The van der Waals surface area contributed by atoms with Crippen LogP contribution in [0.5, 0.6) is 5.75 Å². The molecule has 0 spiro atoms. The summed E-state index contributed by atoms with van der Waals surface area (Å²) in [4.78, 5) is 8.77. The lowest BCUT2D eigenvalue weighted by Gasteiger charge is -2.24. The predicted octanol–water partition coefficient (Wildman–Crippen LogP) is 4.04. The highest BCUT2D eigenvalue weighted by molar-refractivity contribution is 7.98. The molecule has 3 aromatic heterocycles. The van der Waals surface area contributed by atoms with Gasteiger partial charge in [-0.3, -0.25) is 4.98 Å². The van der Waals surface area contributed by atoms with Crippen molar-refractivity contribution in [3.8, 4) is 5.75 Å². The zero-order valence-corrected chi connectivity index (χ0v) is 19.4. The molecular weight excluding hydrogens is 440 g/mol. The van der Waals surface area contributed by atoms with Gasteiger partial charge in [-0.05, 0) is 50.4 Å². The van der Waals surface area contributed by atoms with Crippen LogP contribution in [0.2, 0.25) is 0 Å². The molecule has 8 nitrogen and oxygen atoms in total. The van der Waals surface area contributed by atoms with E-state index < -0.39 is 5.79 Å². The van der Waals surface area contributed by atoms with Crippen molar-refractivity contribution in [1.29, 1.82) is 0 Å². The summed E-state index contributed by atoms with van der Waals surface area (Å²) in [6.45, 7) is 4.20. The topological polar surface area (TPSA) is 80.0 Å². The van der Waals surface area contributed by atoms with Crippen LogP contribution >= 0.6 is 11.8 Å². The summed E-state index contributed by atoms with van der Waals surface area (Å²) < 4.78 is 27.0. The largest absolute Gasteiger partial charge is 0.491 e. The van der Waals surface area contributed by atoms with Gasteiger partial charge >= 0.3 is 0 Å². The molecule has 0 amide bonds. The van der Waals surface area contributed by atoms with Gasteiger partial charge in [-0.25, -0.2) is 9.50 Å². The molecule has 4 aromatic rings. The summed E-state index contributed by atoms with van der Waals surface area (Å²) in [7, 11) is 0. The highest BCUT2D eigenvalue weighted by Gasteiger charge is 2.56. The second-order valence-electron chi connectivity index (χ2n) is 8.65. The summed E-state index contributed by atoms with van der Waals surface area (Å²) in [6, 6.07) is 13.9. The van der Waals surface area contributed by atoms with Crippen molar-refractivity contribution in [3.63, 3.8) is 0 Å². The summed E-state index contributed by atoms with van der Waals surface area (Å²) >= 11 is 1.59. The SMILES string of the molecule is CSc1ncnn2c([C@@H]3O[C@H](COc4ccc5cccnc5c4)[C@H]4OC(C)(C)O[C@H]43)ccc12. The number of hydrogen-bond acceptors (Lipinski definition) is 8. The Kier molecular flexibility index (Phi) is 5.02. The summed E-state index contributed by atoms with van der Waals surface area (Å²) in [5, 5.41) is 6.46. The number of nitrogens with zero attached hydrogens (tertiary/aromatic N) is 4. The van der Waals surface area contributed by atoms with E-state index >= 15 is 0 Å². The molecule has 2 fully saturated rings. The van der Waals surface area contributed by atoms with Gasteiger partial charge in [-0.15, -0.1) is 11.8 Å². The Morgan fingerprint density at radius 2 is 1.97 bits per heavy atom. The third kappa shape index (κ3) is 3.65. The maximum atomic E-state index is 6.48. The average molecular weight is 465 g/mol. The smallest absolute Gasteiger partial charge is 0.164 e. The molecule has 5 heterocycles. The Hall–Kier alpha value is -2.72. The Bertz CT molecular complexity index is 1330. The number of hydrogen-bond donors (Lipinski definition) is 0. The molecule has 0 N–H and O–H groups in total. The van der Waals surface area contributed by atoms with E-state index in [0.717, 1.165) is 32.9 Å². The van der Waals surface area contributed by atoms with Gasteiger partial charge < -0.3 is 18.9 Å². The van der Waals surface area contributed by atoms with Crippen LogP contribution in [0.25, 0.3) is 16.4 Å². The predicted molar refractivity (Wildman–Crippen MR) is 123 cm³/mol. The maximum Gasteiger partial charge on any atom is 0.164 e. The minimum atomic E-state index is -0.699. The number of fused-ring (bicyclic) bond motifs is 3. The van der Waals surface area contributed by atoms with Crippen molar-refractivity contribution in [1.82, 2.24) is 19.6 Å². The van der Waals surface area contributed by atoms with Crippen molar-refractivity contribution in [2.75, 3.05) is 12.9 Å². The van der Waals surface area contributed by atoms with E-state index in [1.165, 1.54) is 0 Å². The number of thioether (sulfide) groups is 1. The second-order valence-corrected chi connectivity index (χ2v) is 9.45. The fourth-order valence-corrected chi connectivity index (χ4v) is 5.19. The van der Waals surface area contributed by atoms with Gasteiger partial charge in [0.2, 0.25) is 0 Å². The molecule has 2 saturated heterocycles. The van der Waals surface area contributed by atoms with Crippen LogP contribution in [0, 0.1) is 0 Å². The average Bonchev–Trinajstić information content (AvgIpc) is 3.48. The first kappa shape index (κ1) is 20.9. The van der Waals surface area contributed by atoms with E-state index in [9.17, 15) is 0 Å². The Labute approximate surface area is 195 Å². The third-order valence-electron chi connectivity index (χ3n) is 6.07. The normalized spacial score (nSPS) is 26.2. The van der Waals surface area contributed by atoms with E-state index in [0.29, 0.717) is 6.61 Å². The van der Waals surface area contributed by atoms with Crippen LogP contribution in [0.3, 0.4) is 0 Å². The molecule has 2 aliphatic rings. The minimum absolute atomic E-state index is 0.254. The van der Waals surface area contributed by atoms with Crippen molar-refractivity contribution < 1.29 is 18.9 Å². The summed E-state index contributed by atoms with van der Waals surface area (Å²) in [5.74, 6) is 0.0445. The maximum absolute atomic E-state index is 6.48. The molecule has 0 saturated carbocycles. The summed E-state index contributed by atoms with van der Waals surface area (Å²) in [5.41, 5.74) is 2.75. The van der Waals surface area contributed by atoms with Crippen molar-refractivity contribution in [2.45, 2.75) is 49.1 Å². The molecule has 6 rings (SSSR count). The number of aromatic nitrogens is 4. The van der Waals surface area contributed by atoms with Crippen LogP contribution in [0.1, 0.15) is 25.6 Å². The van der Waals surface area contributed by atoms with Gasteiger partial charge in [0.15, 0.2) is 5.79 Å². The Morgan fingerprint density at radius 3 is 2.85 bits per heavy atom. The molecule has 170 valence electrons. The second kappa shape index (κ2) is 7.95. The molecular formula is C24H24N4O4S. The molecule has 9 heteroatoms. The third-order valence-corrected chi connectivity index (χ3v) is 6.77. The van der Waals surface area contributed by atoms with E-state index in [1.54, 1.807) is 24.3 Å². The Morgan fingerprint density at radius 1 is 1.09 bits per heavy atom. The van der Waals surface area contributed by atoms with Gasteiger partial charge in [-0.2, -0.15) is 5.10 Å². The van der Waals surface area contributed by atoms with Crippen LogP contribution in [0.15, 0.2) is 60.0 Å². The fraction of sp³-hybridized carbons (Fsp3) is 0.375. The lowest BCUT2D eigenvalue weighted by molar-refractivity contribution is -0.190. The zero-order valence-electron chi connectivity index (χ0n) is 18.5. The van der Waals surface area contributed by atoms with Crippen LogP contribution in [-0.2, 0) is 14.2 Å². The fourth-order valence-electron chi connectivity index (χ4n) is 4.67. The summed E-state index contributed by atoms with van der Waals surface area (Å²) in [6.07, 6.45) is 4.20. The quantitative estimate of drug-likeness (QED) is 0.410. The molecule has 0 bridgehead atoms. The van der Waals surface area contributed by atoms with Gasteiger partial charge in [-0.1, -0.05) is 6.07 Å². The molecule has 0 unspecified atom stereocenters. The minimum Gasteiger partial charge on any atom is -0.491 e. The van der Waals surface area contributed by atoms with E-state index in [2.05, 4.69) is 15.1 Å². The molecule has 4 atom stereocenters. The van der Waals surface area contributed by atoms with Crippen LogP contribution in [-0.4, -0.2) is 56.5 Å². The number of rotatable bonds is 5. The van der Waals surface area contributed by atoms with Gasteiger partial charge in [0.1, 0.15) is 48.1 Å². The van der Waals surface area contributed by atoms with Crippen molar-refractivity contribution in [2.24, 2.45) is 0 Å². The van der Waals surface area contributed by atoms with Crippen molar-refractivity contribution >= 4 is 28.2 Å². The number of ether oxygens (including phenoxy) is 4. The molecule has 33 heavy (non-hydrogen) atoms. The molecule has 0 aliphatic carbocycles. The highest BCUT2D eigenvalue weighted by Crippen LogP contribution is 2.45. The first-order chi connectivity index (χ1) is 16.0. The monoisotopic (exact) mass is 464 g/mol. The number of benzene rings is 1. The van der Waals surface area contributed by atoms with E-state index in [4.69, 9.17) is 18.9 Å². The van der Waals surface area contributed by atoms with Crippen LogP contribution in [0.4, 0.5) is 0 Å². The van der Waals surface area contributed by atoms with Gasteiger partial charge in [0.25, 0.3) is 0 Å². The van der Waals surface area contributed by atoms with Gasteiger partial charge in [0, 0.05) is 17.6 Å². The first-order valence-electron chi connectivity index (χ1n) is 10.9. The van der Waals surface area contributed by atoms with Gasteiger partial charge in [0.05, 0.1) is 16.7 Å². The van der Waals surface area contributed by atoms with E-state index in [1.807, 2.05) is 67.1 Å². The molecule has 0 radical (unpaired) electrons. The number of pyridine rings is 1. The highest BCUT2D eigenvalue weighted by atomic mass is 32.2. The lowest BCUT2D eigenvalue weighted by atomic mass is 10.1.